The van der Waals surface area contributed by atoms with Crippen molar-refractivity contribution in [3.8, 4) is 0 Å². The fourth-order valence-corrected chi connectivity index (χ4v) is 5.23. The Morgan fingerprint density at radius 2 is 2.15 bits per heavy atom. The van der Waals surface area contributed by atoms with Gasteiger partial charge in [0.1, 0.15) is 0 Å². The quantitative estimate of drug-likeness (QED) is 0.881. The Morgan fingerprint density at radius 3 is 2.81 bits per heavy atom. The molecule has 2 aliphatic carbocycles. The molecule has 0 saturated heterocycles. The molecule has 4 heteroatoms. The monoisotopic (exact) mass is 351 g/mol. The van der Waals surface area contributed by atoms with Gasteiger partial charge in [-0.05, 0) is 76.0 Å². The van der Waals surface area contributed by atoms with Crippen LogP contribution in [0.1, 0.15) is 60.0 Å². The summed E-state index contributed by atoms with van der Waals surface area (Å²) in [5.41, 5.74) is 3.93. The summed E-state index contributed by atoms with van der Waals surface area (Å²) < 4.78 is 2.18. The van der Waals surface area contributed by atoms with Gasteiger partial charge in [-0.2, -0.15) is 0 Å². The van der Waals surface area contributed by atoms with Gasteiger partial charge in [0, 0.05) is 23.6 Å². The maximum Gasteiger partial charge on any atom is 0.253 e. The summed E-state index contributed by atoms with van der Waals surface area (Å²) in [6, 6.07) is 8.23. The predicted molar refractivity (Wildman–Crippen MR) is 103 cm³/mol. The number of nitrogens with zero attached hydrogens (tertiary/aromatic N) is 2. The first kappa shape index (κ1) is 17.3. The molecule has 2 aromatic rings. The Balaban J connectivity index is 1.47. The largest absolute Gasteiger partial charge is 0.349 e. The summed E-state index contributed by atoms with van der Waals surface area (Å²) in [6.45, 7) is 6.99. The molecule has 2 bridgehead atoms. The number of aryl methyl sites for hydroxylation is 1. The lowest BCUT2D eigenvalue weighted by Gasteiger charge is -2.28. The van der Waals surface area contributed by atoms with Gasteiger partial charge in [0.05, 0.1) is 17.8 Å². The highest BCUT2D eigenvalue weighted by Gasteiger charge is 2.42. The SMILES string of the molecule is Cc1cc(C(=O)NC(C)C2CC3CCC2C3)c(C)n1Cc1ccccn1. The van der Waals surface area contributed by atoms with Crippen LogP contribution in [0.2, 0.25) is 0 Å². The molecule has 26 heavy (non-hydrogen) atoms. The Bertz CT molecular complexity index is 795. The molecule has 4 nitrogen and oxygen atoms in total. The number of carbonyl (C=O) groups excluding carboxylic acids is 1. The third-order valence-electron chi connectivity index (χ3n) is 6.66. The number of pyridine rings is 1. The van der Waals surface area contributed by atoms with Gasteiger partial charge < -0.3 is 9.88 Å². The zero-order valence-electron chi connectivity index (χ0n) is 16.0. The molecule has 2 fully saturated rings. The number of aromatic nitrogens is 2. The van der Waals surface area contributed by atoms with Crippen LogP contribution in [0.4, 0.5) is 0 Å². The van der Waals surface area contributed by atoms with Gasteiger partial charge in [0.25, 0.3) is 5.91 Å². The second-order valence-electron chi connectivity index (χ2n) is 8.29. The zero-order valence-corrected chi connectivity index (χ0v) is 16.0. The molecule has 2 aromatic heterocycles. The minimum Gasteiger partial charge on any atom is -0.349 e. The summed E-state index contributed by atoms with van der Waals surface area (Å²) >= 11 is 0. The van der Waals surface area contributed by atoms with Crippen LogP contribution < -0.4 is 5.32 Å². The molecule has 0 radical (unpaired) electrons. The lowest BCUT2D eigenvalue weighted by Crippen LogP contribution is -2.40. The van der Waals surface area contributed by atoms with Crippen LogP contribution in [0.3, 0.4) is 0 Å². The fraction of sp³-hybridized carbons (Fsp3) is 0.545. The zero-order chi connectivity index (χ0) is 18.3. The Hall–Kier alpha value is -2.10. The minimum atomic E-state index is 0.0700. The van der Waals surface area contributed by atoms with Crippen LogP contribution >= 0.6 is 0 Å². The van der Waals surface area contributed by atoms with Crippen LogP contribution in [0, 0.1) is 31.6 Å². The Morgan fingerprint density at radius 1 is 1.31 bits per heavy atom. The molecule has 4 atom stereocenters. The highest BCUT2D eigenvalue weighted by atomic mass is 16.1. The number of carbonyl (C=O) groups is 1. The number of hydrogen-bond acceptors (Lipinski definition) is 2. The van der Waals surface area contributed by atoms with Crippen molar-refractivity contribution >= 4 is 5.91 Å². The normalized spacial score (nSPS) is 25.4. The minimum absolute atomic E-state index is 0.0700. The van der Waals surface area contributed by atoms with E-state index in [1.807, 2.05) is 37.4 Å². The van der Waals surface area contributed by atoms with Gasteiger partial charge in [0.2, 0.25) is 0 Å². The molecule has 1 N–H and O–H groups in total. The number of fused-ring (bicyclic) bond motifs is 2. The second kappa shape index (κ2) is 6.90. The van der Waals surface area contributed by atoms with Gasteiger partial charge >= 0.3 is 0 Å². The van der Waals surface area contributed by atoms with E-state index in [0.29, 0.717) is 12.5 Å². The number of amides is 1. The molecule has 4 unspecified atom stereocenters. The fourth-order valence-electron chi connectivity index (χ4n) is 5.23. The molecule has 0 spiro atoms. The van der Waals surface area contributed by atoms with E-state index in [1.54, 1.807) is 0 Å². The summed E-state index contributed by atoms with van der Waals surface area (Å²) in [5, 5.41) is 3.30. The second-order valence-corrected chi connectivity index (χ2v) is 8.29. The molecule has 2 aliphatic rings. The molecule has 1 amide bonds. The summed E-state index contributed by atoms with van der Waals surface area (Å²) in [6.07, 6.45) is 7.24. The van der Waals surface area contributed by atoms with Crippen molar-refractivity contribution in [2.45, 2.75) is 59.0 Å². The van der Waals surface area contributed by atoms with E-state index in [2.05, 4.69) is 28.7 Å². The van der Waals surface area contributed by atoms with E-state index in [0.717, 1.165) is 34.5 Å². The van der Waals surface area contributed by atoms with Crippen molar-refractivity contribution in [1.29, 1.82) is 0 Å². The molecule has 138 valence electrons. The lowest BCUT2D eigenvalue weighted by molar-refractivity contribution is 0.0914. The number of nitrogens with one attached hydrogen (secondary N) is 1. The molecule has 0 aromatic carbocycles. The van der Waals surface area contributed by atoms with E-state index >= 15 is 0 Å². The van der Waals surface area contributed by atoms with E-state index in [9.17, 15) is 4.79 Å². The van der Waals surface area contributed by atoms with E-state index in [4.69, 9.17) is 0 Å². The molecule has 0 aliphatic heterocycles. The Kier molecular flexibility index (Phi) is 4.60. The van der Waals surface area contributed by atoms with Crippen LogP contribution in [0.5, 0.6) is 0 Å². The van der Waals surface area contributed by atoms with Crippen molar-refractivity contribution in [3.63, 3.8) is 0 Å². The van der Waals surface area contributed by atoms with Gasteiger partial charge in [-0.3, -0.25) is 9.78 Å². The summed E-state index contributed by atoms with van der Waals surface area (Å²) in [5.74, 6) is 2.47. The van der Waals surface area contributed by atoms with Crippen molar-refractivity contribution in [2.75, 3.05) is 0 Å². The van der Waals surface area contributed by atoms with Gasteiger partial charge in [0.15, 0.2) is 0 Å². The predicted octanol–water partition coefficient (Wildman–Crippen LogP) is 4.10. The maximum atomic E-state index is 12.9. The molecular weight excluding hydrogens is 322 g/mol. The smallest absolute Gasteiger partial charge is 0.253 e. The van der Waals surface area contributed by atoms with Crippen molar-refractivity contribution in [2.24, 2.45) is 17.8 Å². The van der Waals surface area contributed by atoms with Crippen molar-refractivity contribution < 1.29 is 4.79 Å². The molecule has 4 rings (SSSR count). The first-order valence-corrected chi connectivity index (χ1v) is 9.90. The first-order valence-electron chi connectivity index (χ1n) is 9.90. The van der Waals surface area contributed by atoms with Crippen LogP contribution in [0.15, 0.2) is 30.5 Å². The van der Waals surface area contributed by atoms with Crippen molar-refractivity contribution in [1.82, 2.24) is 14.9 Å². The van der Waals surface area contributed by atoms with E-state index in [1.165, 1.54) is 25.7 Å². The Labute approximate surface area is 156 Å². The average Bonchev–Trinajstić information content (AvgIpc) is 3.33. The topological polar surface area (TPSA) is 46.9 Å². The van der Waals surface area contributed by atoms with Crippen LogP contribution in [0.25, 0.3) is 0 Å². The molecule has 2 saturated carbocycles. The van der Waals surface area contributed by atoms with Crippen LogP contribution in [-0.2, 0) is 6.54 Å². The lowest BCUT2D eigenvalue weighted by atomic mass is 9.84. The average molecular weight is 351 g/mol. The highest BCUT2D eigenvalue weighted by Crippen LogP contribution is 2.49. The molecular formula is C22H29N3O. The standard InChI is InChI=1S/C22H29N3O/c1-14-10-21(16(3)25(14)13-19-6-4-5-9-23-19)22(26)24-15(2)20-12-17-7-8-18(20)11-17/h4-6,9-10,15,17-18,20H,7-8,11-13H2,1-3H3,(H,24,26). The van der Waals surface area contributed by atoms with Gasteiger partial charge in [-0.1, -0.05) is 12.5 Å². The van der Waals surface area contributed by atoms with E-state index < -0.39 is 0 Å². The molecule has 2 heterocycles. The number of hydrogen-bond donors (Lipinski definition) is 1. The van der Waals surface area contributed by atoms with Crippen LogP contribution in [-0.4, -0.2) is 21.5 Å². The third-order valence-corrected chi connectivity index (χ3v) is 6.66. The van der Waals surface area contributed by atoms with Gasteiger partial charge in [-0.25, -0.2) is 0 Å². The summed E-state index contributed by atoms with van der Waals surface area (Å²) in [4.78, 5) is 17.3. The van der Waals surface area contributed by atoms with Crippen molar-refractivity contribution in [3.05, 3.63) is 53.1 Å². The third kappa shape index (κ3) is 3.17. The first-order chi connectivity index (χ1) is 12.5. The highest BCUT2D eigenvalue weighted by molar-refractivity contribution is 5.95. The maximum absolute atomic E-state index is 12.9. The summed E-state index contributed by atoms with van der Waals surface area (Å²) in [7, 11) is 0. The van der Waals surface area contributed by atoms with E-state index in [-0.39, 0.29) is 11.9 Å². The van der Waals surface area contributed by atoms with Gasteiger partial charge in [-0.15, -0.1) is 0 Å². The number of rotatable bonds is 5.